The summed E-state index contributed by atoms with van der Waals surface area (Å²) >= 11 is 0. The second kappa shape index (κ2) is 3.84. The van der Waals surface area contributed by atoms with Gasteiger partial charge < -0.3 is 9.72 Å². The van der Waals surface area contributed by atoms with Gasteiger partial charge in [-0.05, 0) is 12.1 Å². The van der Waals surface area contributed by atoms with Gasteiger partial charge in [0.1, 0.15) is 5.65 Å². The van der Waals surface area contributed by atoms with Crippen LogP contribution in [0.25, 0.3) is 11.0 Å². The van der Waals surface area contributed by atoms with Crippen LogP contribution in [0.4, 0.5) is 0 Å². The van der Waals surface area contributed by atoms with Crippen molar-refractivity contribution in [3.8, 4) is 11.8 Å². The molecule has 74 valence electrons. The third-order valence-corrected chi connectivity index (χ3v) is 1.94. The predicted molar refractivity (Wildman–Crippen MR) is 55.0 cm³/mol. The molecule has 1 N–H and O–H groups in total. The van der Waals surface area contributed by atoms with Crippen molar-refractivity contribution in [2.75, 3.05) is 7.11 Å². The minimum absolute atomic E-state index is 0.546. The average Bonchev–Trinajstić information content (AvgIpc) is 2.74. The fourth-order valence-corrected chi connectivity index (χ4v) is 1.24. The van der Waals surface area contributed by atoms with Crippen LogP contribution in [0.5, 0.6) is 0 Å². The number of pyridine rings is 1. The van der Waals surface area contributed by atoms with Gasteiger partial charge in [-0.1, -0.05) is 5.92 Å². The summed E-state index contributed by atoms with van der Waals surface area (Å²) in [6.45, 7) is 0. The third-order valence-electron chi connectivity index (χ3n) is 1.94. The van der Waals surface area contributed by atoms with E-state index >= 15 is 0 Å². The Bertz CT molecular complexity index is 560. The average molecular weight is 200 g/mol. The van der Waals surface area contributed by atoms with Gasteiger partial charge in [-0.2, -0.15) is 0 Å². The molecule has 0 amide bonds. The molecular formula is C11H8N2O2. The van der Waals surface area contributed by atoms with E-state index in [1.807, 2.05) is 6.07 Å². The van der Waals surface area contributed by atoms with Gasteiger partial charge in [0, 0.05) is 29.3 Å². The molecule has 2 aromatic rings. The lowest BCUT2D eigenvalue weighted by Gasteiger charge is -1.92. The first-order valence-corrected chi connectivity index (χ1v) is 4.33. The maximum absolute atomic E-state index is 10.8. The fourth-order valence-electron chi connectivity index (χ4n) is 1.24. The highest BCUT2D eigenvalue weighted by Crippen LogP contribution is 2.13. The molecule has 2 rings (SSSR count). The van der Waals surface area contributed by atoms with Gasteiger partial charge in [0.15, 0.2) is 0 Å². The molecule has 0 saturated carbocycles. The summed E-state index contributed by atoms with van der Waals surface area (Å²) in [4.78, 5) is 17.9. The van der Waals surface area contributed by atoms with Crippen LogP contribution >= 0.6 is 0 Å². The van der Waals surface area contributed by atoms with Gasteiger partial charge >= 0.3 is 5.97 Å². The SMILES string of the molecule is COC(=O)C#Cc1ccnc2[nH]ccc12. The molecule has 0 radical (unpaired) electrons. The minimum Gasteiger partial charge on any atom is -0.459 e. The molecule has 0 aliphatic rings. The van der Waals surface area contributed by atoms with E-state index < -0.39 is 5.97 Å². The molecule has 0 aliphatic heterocycles. The van der Waals surface area contributed by atoms with Crippen LogP contribution in [0.1, 0.15) is 5.56 Å². The van der Waals surface area contributed by atoms with Crippen LogP contribution in [0.2, 0.25) is 0 Å². The zero-order valence-corrected chi connectivity index (χ0v) is 8.07. The summed E-state index contributed by atoms with van der Waals surface area (Å²) in [6, 6.07) is 3.62. The first-order chi connectivity index (χ1) is 7.31. The van der Waals surface area contributed by atoms with Gasteiger partial charge in [0.05, 0.1) is 7.11 Å². The van der Waals surface area contributed by atoms with E-state index in [0.717, 1.165) is 16.6 Å². The minimum atomic E-state index is -0.546. The molecule has 0 saturated heterocycles. The Kier molecular flexibility index (Phi) is 2.38. The van der Waals surface area contributed by atoms with Crippen molar-refractivity contribution in [1.82, 2.24) is 9.97 Å². The Hall–Kier alpha value is -2.28. The molecule has 0 bridgehead atoms. The zero-order chi connectivity index (χ0) is 10.7. The highest BCUT2D eigenvalue weighted by atomic mass is 16.5. The number of nitrogens with zero attached hydrogens (tertiary/aromatic N) is 1. The summed E-state index contributed by atoms with van der Waals surface area (Å²) in [6.07, 6.45) is 3.42. The molecular weight excluding hydrogens is 192 g/mol. The third kappa shape index (κ3) is 1.81. The molecule has 0 unspecified atom stereocenters. The second-order valence-electron chi connectivity index (χ2n) is 2.84. The molecule has 4 heteroatoms. The van der Waals surface area contributed by atoms with Crippen molar-refractivity contribution in [2.45, 2.75) is 0 Å². The van der Waals surface area contributed by atoms with Crippen molar-refractivity contribution in [3.63, 3.8) is 0 Å². The second-order valence-corrected chi connectivity index (χ2v) is 2.84. The Labute approximate surface area is 86.3 Å². The van der Waals surface area contributed by atoms with Crippen LogP contribution < -0.4 is 0 Å². The number of H-pyrrole nitrogens is 1. The Morgan fingerprint density at radius 1 is 1.53 bits per heavy atom. The predicted octanol–water partition coefficient (Wildman–Crippen LogP) is 1.09. The van der Waals surface area contributed by atoms with Crippen LogP contribution in [0.15, 0.2) is 24.5 Å². The molecule has 0 spiro atoms. The summed E-state index contributed by atoms with van der Waals surface area (Å²) in [7, 11) is 1.30. The van der Waals surface area contributed by atoms with E-state index in [9.17, 15) is 4.79 Å². The van der Waals surface area contributed by atoms with Crippen molar-refractivity contribution in [1.29, 1.82) is 0 Å². The number of nitrogens with one attached hydrogen (secondary N) is 1. The largest absolute Gasteiger partial charge is 0.459 e. The quantitative estimate of drug-likeness (QED) is 0.511. The number of carbonyl (C=O) groups excluding carboxylic acids is 1. The number of hydrogen-bond acceptors (Lipinski definition) is 3. The lowest BCUT2D eigenvalue weighted by atomic mass is 10.2. The standard InChI is InChI=1S/C11H8N2O2/c1-15-10(14)3-2-8-4-6-12-11-9(8)5-7-13-11/h4-7H,1H3,(H,12,13). The Morgan fingerprint density at radius 3 is 3.20 bits per heavy atom. The highest BCUT2D eigenvalue weighted by Gasteiger charge is 1.99. The number of hydrogen-bond donors (Lipinski definition) is 1. The molecule has 0 fully saturated rings. The van der Waals surface area contributed by atoms with Gasteiger partial charge in [0.2, 0.25) is 0 Å². The summed E-state index contributed by atoms with van der Waals surface area (Å²) in [5, 5.41) is 0.897. The lowest BCUT2D eigenvalue weighted by molar-refractivity contribution is -0.133. The molecule has 0 aliphatic carbocycles. The molecule has 4 nitrogen and oxygen atoms in total. The Morgan fingerprint density at radius 2 is 2.40 bits per heavy atom. The molecule has 0 aromatic carbocycles. The van der Waals surface area contributed by atoms with Crippen molar-refractivity contribution in [2.24, 2.45) is 0 Å². The summed E-state index contributed by atoms with van der Waals surface area (Å²) < 4.78 is 4.43. The maximum atomic E-state index is 10.8. The Balaban J connectivity index is 2.46. The molecule has 15 heavy (non-hydrogen) atoms. The van der Waals surface area contributed by atoms with Crippen LogP contribution in [0, 0.1) is 11.8 Å². The number of rotatable bonds is 0. The van der Waals surface area contributed by atoms with E-state index in [0.29, 0.717) is 0 Å². The van der Waals surface area contributed by atoms with Crippen LogP contribution in [0.3, 0.4) is 0 Å². The van der Waals surface area contributed by atoms with Crippen molar-refractivity contribution >= 4 is 17.0 Å². The van der Waals surface area contributed by atoms with Crippen molar-refractivity contribution in [3.05, 3.63) is 30.1 Å². The van der Waals surface area contributed by atoms with Crippen LogP contribution in [-0.2, 0) is 9.53 Å². The van der Waals surface area contributed by atoms with Gasteiger partial charge in [-0.3, -0.25) is 0 Å². The lowest BCUT2D eigenvalue weighted by Crippen LogP contribution is -1.94. The smallest absolute Gasteiger partial charge is 0.384 e. The number of fused-ring (bicyclic) bond motifs is 1. The summed E-state index contributed by atoms with van der Waals surface area (Å²) in [5.74, 6) is 4.57. The normalized spacial score (nSPS) is 9.40. The molecule has 2 aromatic heterocycles. The van der Waals surface area contributed by atoms with E-state index in [1.165, 1.54) is 7.11 Å². The zero-order valence-electron chi connectivity index (χ0n) is 8.07. The van der Waals surface area contributed by atoms with E-state index in [2.05, 4.69) is 26.5 Å². The fraction of sp³-hybridized carbons (Fsp3) is 0.0909. The first-order valence-electron chi connectivity index (χ1n) is 4.33. The highest BCUT2D eigenvalue weighted by molar-refractivity contribution is 5.91. The number of methoxy groups -OCH3 is 1. The number of esters is 1. The molecule has 2 heterocycles. The number of aromatic nitrogens is 2. The van der Waals surface area contributed by atoms with Gasteiger partial charge in [-0.15, -0.1) is 0 Å². The number of carbonyl (C=O) groups is 1. The van der Waals surface area contributed by atoms with E-state index in [-0.39, 0.29) is 0 Å². The topological polar surface area (TPSA) is 55.0 Å². The van der Waals surface area contributed by atoms with Gasteiger partial charge in [-0.25, -0.2) is 9.78 Å². The number of aromatic amines is 1. The maximum Gasteiger partial charge on any atom is 0.384 e. The van der Waals surface area contributed by atoms with E-state index in [4.69, 9.17) is 0 Å². The van der Waals surface area contributed by atoms with Crippen LogP contribution in [-0.4, -0.2) is 23.0 Å². The monoisotopic (exact) mass is 200 g/mol. The van der Waals surface area contributed by atoms with Gasteiger partial charge in [0.25, 0.3) is 0 Å². The summed E-state index contributed by atoms with van der Waals surface area (Å²) in [5.41, 5.74) is 1.51. The van der Waals surface area contributed by atoms with E-state index in [1.54, 1.807) is 18.5 Å². The first kappa shape index (κ1) is 9.28. The molecule has 0 atom stereocenters. The van der Waals surface area contributed by atoms with Crippen molar-refractivity contribution < 1.29 is 9.53 Å². The number of ether oxygens (including phenoxy) is 1.